The highest BCUT2D eigenvalue weighted by Gasteiger charge is 2.60. The molecule has 1 N–H and O–H groups in total. The summed E-state index contributed by atoms with van der Waals surface area (Å²) in [4.78, 5) is 12.2. The minimum Gasteiger partial charge on any atom is -0.393 e. The van der Waals surface area contributed by atoms with Gasteiger partial charge in [0.05, 0.1) is 6.10 Å². The van der Waals surface area contributed by atoms with Gasteiger partial charge in [0.25, 0.3) is 0 Å². The third-order valence-electron chi connectivity index (χ3n) is 9.13. The van der Waals surface area contributed by atoms with Crippen molar-refractivity contribution in [2.45, 2.75) is 84.7 Å². The molecule has 0 aromatic rings. The topological polar surface area (TPSA) is 37.3 Å². The van der Waals surface area contributed by atoms with Gasteiger partial charge in [-0.25, -0.2) is 0 Å². The van der Waals surface area contributed by atoms with Crippen LogP contribution in [0.1, 0.15) is 78.6 Å². The second-order valence-electron chi connectivity index (χ2n) is 9.87. The molecular weight excluding hydrogens is 284 g/mol. The first kappa shape index (κ1) is 16.1. The lowest BCUT2D eigenvalue weighted by atomic mass is 9.44. The van der Waals surface area contributed by atoms with Crippen LogP contribution in [0.15, 0.2) is 0 Å². The Bertz CT molecular complexity index is 500. The molecule has 0 amide bonds. The van der Waals surface area contributed by atoms with Gasteiger partial charge in [0.15, 0.2) is 0 Å². The highest BCUT2D eigenvalue weighted by Crippen LogP contribution is 2.67. The Kier molecular flexibility index (Phi) is 3.72. The van der Waals surface area contributed by atoms with Gasteiger partial charge in [-0.15, -0.1) is 0 Å². The number of aliphatic hydroxyl groups excluding tert-OH is 1. The van der Waals surface area contributed by atoms with Crippen LogP contribution >= 0.6 is 0 Å². The van der Waals surface area contributed by atoms with Crippen LogP contribution in [0.25, 0.3) is 0 Å². The van der Waals surface area contributed by atoms with Gasteiger partial charge in [0, 0.05) is 5.92 Å². The molecule has 0 aromatic heterocycles. The SMILES string of the molecule is CC(=O)C1CC[C@H]2C3CC[C@H]4C[C@H](O)CC[C@]4(C)C3CC[C@]12C. The molecule has 4 saturated carbocycles. The highest BCUT2D eigenvalue weighted by atomic mass is 16.3. The molecule has 0 spiro atoms. The predicted molar refractivity (Wildman–Crippen MR) is 91.9 cm³/mol. The number of aliphatic hydroxyl groups is 1. The largest absolute Gasteiger partial charge is 0.393 e. The Labute approximate surface area is 141 Å². The van der Waals surface area contributed by atoms with Crippen LogP contribution in [0, 0.1) is 40.4 Å². The van der Waals surface area contributed by atoms with Gasteiger partial charge in [-0.3, -0.25) is 4.79 Å². The van der Waals surface area contributed by atoms with Crippen LogP contribution in [0.2, 0.25) is 0 Å². The van der Waals surface area contributed by atoms with E-state index in [2.05, 4.69) is 13.8 Å². The van der Waals surface area contributed by atoms with Crippen molar-refractivity contribution >= 4 is 5.78 Å². The maximum Gasteiger partial charge on any atom is 0.133 e. The molecule has 4 fully saturated rings. The smallest absolute Gasteiger partial charge is 0.133 e. The van der Waals surface area contributed by atoms with E-state index in [1.807, 2.05) is 6.92 Å². The number of carbonyl (C=O) groups is 1. The first-order chi connectivity index (χ1) is 10.9. The average molecular weight is 319 g/mol. The first-order valence-corrected chi connectivity index (χ1v) is 10.0. The van der Waals surface area contributed by atoms with E-state index in [4.69, 9.17) is 0 Å². The summed E-state index contributed by atoms with van der Waals surface area (Å²) in [6, 6.07) is 0. The lowest BCUT2D eigenvalue weighted by Crippen LogP contribution is -2.54. The summed E-state index contributed by atoms with van der Waals surface area (Å²) in [6.07, 6.45) is 10.9. The van der Waals surface area contributed by atoms with Crippen LogP contribution in [0.5, 0.6) is 0 Å². The number of Topliss-reactive ketones (excluding diaryl/α,β-unsaturated/α-hetero) is 1. The second-order valence-corrected chi connectivity index (χ2v) is 9.87. The molecule has 23 heavy (non-hydrogen) atoms. The quantitative estimate of drug-likeness (QED) is 0.767. The molecule has 8 atom stereocenters. The van der Waals surface area contributed by atoms with E-state index in [1.165, 1.54) is 38.5 Å². The molecule has 4 aliphatic carbocycles. The molecule has 2 nitrogen and oxygen atoms in total. The van der Waals surface area contributed by atoms with Gasteiger partial charge in [-0.1, -0.05) is 13.8 Å². The Balaban J connectivity index is 1.61. The van der Waals surface area contributed by atoms with E-state index >= 15 is 0 Å². The molecule has 130 valence electrons. The van der Waals surface area contributed by atoms with Gasteiger partial charge in [0.1, 0.15) is 5.78 Å². The Hall–Kier alpha value is -0.370. The fourth-order valence-corrected chi connectivity index (χ4v) is 7.90. The minimum atomic E-state index is -0.0490. The van der Waals surface area contributed by atoms with Gasteiger partial charge < -0.3 is 5.11 Å². The fourth-order valence-electron chi connectivity index (χ4n) is 7.90. The van der Waals surface area contributed by atoms with Crippen LogP contribution in [0.4, 0.5) is 0 Å². The molecule has 0 aliphatic heterocycles. The summed E-state index contributed by atoms with van der Waals surface area (Å²) in [5.74, 6) is 3.97. The predicted octanol–water partition coefficient (Wildman–Crippen LogP) is 4.60. The van der Waals surface area contributed by atoms with Crippen LogP contribution in [-0.4, -0.2) is 17.0 Å². The zero-order chi connectivity index (χ0) is 16.4. The third-order valence-corrected chi connectivity index (χ3v) is 9.13. The fraction of sp³-hybridized carbons (Fsp3) is 0.952. The van der Waals surface area contributed by atoms with Crippen molar-refractivity contribution in [3.63, 3.8) is 0 Å². The maximum atomic E-state index is 12.2. The average Bonchev–Trinajstić information content (AvgIpc) is 2.85. The third kappa shape index (κ3) is 2.19. The molecule has 2 heteroatoms. The van der Waals surface area contributed by atoms with E-state index < -0.39 is 0 Å². The summed E-state index contributed by atoms with van der Waals surface area (Å²) in [7, 11) is 0. The van der Waals surface area contributed by atoms with Crippen molar-refractivity contribution in [1.82, 2.24) is 0 Å². The highest BCUT2D eigenvalue weighted by molar-refractivity contribution is 5.79. The zero-order valence-corrected chi connectivity index (χ0v) is 15.2. The Morgan fingerprint density at radius 2 is 1.61 bits per heavy atom. The van der Waals surface area contributed by atoms with E-state index in [-0.39, 0.29) is 11.5 Å². The van der Waals surface area contributed by atoms with Gasteiger partial charge >= 0.3 is 0 Å². The normalized spacial score (nSPS) is 55.7. The molecule has 3 unspecified atom stereocenters. The number of carbonyl (C=O) groups excluding carboxylic acids is 1. The molecule has 0 saturated heterocycles. The molecule has 4 aliphatic rings. The summed E-state index contributed by atoms with van der Waals surface area (Å²) in [5.41, 5.74) is 0.738. The van der Waals surface area contributed by atoms with Gasteiger partial charge in [-0.05, 0) is 99.2 Å². The van der Waals surface area contributed by atoms with E-state index in [1.54, 1.807) is 0 Å². The number of hydrogen-bond donors (Lipinski definition) is 1. The number of fused-ring (bicyclic) bond motifs is 5. The first-order valence-electron chi connectivity index (χ1n) is 10.0. The van der Waals surface area contributed by atoms with E-state index in [0.717, 1.165) is 42.9 Å². The summed E-state index contributed by atoms with van der Waals surface area (Å²) in [6.45, 7) is 6.80. The summed E-state index contributed by atoms with van der Waals surface area (Å²) < 4.78 is 0. The van der Waals surface area contributed by atoms with Crippen molar-refractivity contribution in [2.75, 3.05) is 0 Å². The molecular formula is C21H34O2. The number of hydrogen-bond acceptors (Lipinski definition) is 2. The van der Waals surface area contributed by atoms with Crippen molar-refractivity contribution < 1.29 is 9.90 Å². The van der Waals surface area contributed by atoms with Crippen LogP contribution < -0.4 is 0 Å². The molecule has 4 rings (SSSR count). The van der Waals surface area contributed by atoms with Crippen LogP contribution in [0.3, 0.4) is 0 Å². The monoisotopic (exact) mass is 318 g/mol. The van der Waals surface area contributed by atoms with Gasteiger partial charge in [0.2, 0.25) is 0 Å². The van der Waals surface area contributed by atoms with Crippen molar-refractivity contribution in [3.8, 4) is 0 Å². The van der Waals surface area contributed by atoms with Crippen molar-refractivity contribution in [1.29, 1.82) is 0 Å². The molecule has 0 heterocycles. The molecule has 0 aromatic carbocycles. The van der Waals surface area contributed by atoms with Crippen molar-refractivity contribution in [3.05, 3.63) is 0 Å². The number of rotatable bonds is 1. The number of ketones is 1. The van der Waals surface area contributed by atoms with Gasteiger partial charge in [-0.2, -0.15) is 0 Å². The second kappa shape index (κ2) is 5.31. The lowest BCUT2D eigenvalue weighted by molar-refractivity contribution is -0.138. The lowest BCUT2D eigenvalue weighted by Gasteiger charge is -2.60. The summed E-state index contributed by atoms with van der Waals surface area (Å²) in [5, 5.41) is 10.1. The van der Waals surface area contributed by atoms with E-state index in [0.29, 0.717) is 17.1 Å². The Morgan fingerprint density at radius 1 is 0.913 bits per heavy atom. The maximum absolute atomic E-state index is 12.2. The van der Waals surface area contributed by atoms with Crippen molar-refractivity contribution in [2.24, 2.45) is 40.4 Å². The Morgan fingerprint density at radius 3 is 2.35 bits per heavy atom. The molecule has 0 bridgehead atoms. The summed E-state index contributed by atoms with van der Waals surface area (Å²) >= 11 is 0. The zero-order valence-electron chi connectivity index (χ0n) is 15.2. The van der Waals surface area contributed by atoms with E-state index in [9.17, 15) is 9.90 Å². The standard InChI is InChI=1S/C21H34O2/c1-13(22)17-6-7-18-16-5-4-14-12-15(23)8-10-20(14,2)19(16)9-11-21(17,18)3/h14-19,23H,4-12H2,1-3H3/t14-,15+,16?,17?,18-,19?,20-,21+/m0/s1. The minimum absolute atomic E-state index is 0.0490. The molecule has 0 radical (unpaired) electrons. The van der Waals surface area contributed by atoms with Crippen LogP contribution in [-0.2, 0) is 4.79 Å².